The zero-order valence-corrected chi connectivity index (χ0v) is 30.4. The van der Waals surface area contributed by atoms with Crippen molar-refractivity contribution in [2.45, 2.75) is 98.7 Å². The quantitative estimate of drug-likeness (QED) is 0.154. The molecule has 6 heterocycles. The molecule has 4 bridgehead atoms. The van der Waals surface area contributed by atoms with E-state index in [1.54, 1.807) is 24.8 Å². The van der Waals surface area contributed by atoms with E-state index in [0.717, 1.165) is 20.1 Å². The standard InChI is InChI=1S/C17H19BrF3N3S.C17H17BrF3N3/c18-12-6-11(9-23-10-12)16(15(22)25)7-13-2-3-14(8-16)24(13)5-1-4-17(19,20)21;18-13-6-12(9-23-10-13)16(11-22)7-14-2-3-15(8-16)24(14)5-1-4-17(19,20)21/h2-3,6,9-10,13-14H,1,4-5,7-8H2,(H2,22,25);2-3,6,9-10,14-15H,1,4-5,7-8H2/t13-,14+,16?;14-,15+,16?. The number of hydrogen-bond acceptors (Lipinski definition) is 6. The number of piperidine rings is 2. The van der Waals surface area contributed by atoms with Crippen LogP contribution in [0.1, 0.15) is 62.5 Å². The van der Waals surface area contributed by atoms with Crippen molar-refractivity contribution in [3.05, 3.63) is 81.3 Å². The lowest BCUT2D eigenvalue weighted by atomic mass is 9.70. The molecule has 15 heteroatoms. The van der Waals surface area contributed by atoms with Gasteiger partial charge in [0.05, 0.1) is 21.9 Å². The molecule has 2 aromatic rings. The first kappa shape index (κ1) is 37.9. The lowest BCUT2D eigenvalue weighted by Gasteiger charge is -2.46. The van der Waals surface area contributed by atoms with Crippen molar-refractivity contribution in [2.24, 2.45) is 5.73 Å². The number of hydrogen-bond donors (Lipinski definition) is 1. The van der Waals surface area contributed by atoms with E-state index < -0.39 is 36.0 Å². The summed E-state index contributed by atoms with van der Waals surface area (Å²) >= 11 is 12.2. The number of nitrogens with two attached hydrogens (primary N) is 1. The summed E-state index contributed by atoms with van der Waals surface area (Å²) < 4.78 is 76.1. The summed E-state index contributed by atoms with van der Waals surface area (Å²) in [5.41, 5.74) is 6.84. The molecule has 0 aliphatic carbocycles. The Morgan fingerprint density at radius 3 is 1.57 bits per heavy atom. The van der Waals surface area contributed by atoms with Crippen LogP contribution < -0.4 is 5.73 Å². The minimum absolute atomic E-state index is 0.00983. The molecule has 0 radical (unpaired) electrons. The molecule has 6 nitrogen and oxygen atoms in total. The van der Waals surface area contributed by atoms with Gasteiger partial charge < -0.3 is 5.73 Å². The Kier molecular flexibility index (Phi) is 11.6. The number of aromatic nitrogens is 2. The maximum atomic E-state index is 12.4. The Morgan fingerprint density at radius 2 is 1.18 bits per heavy atom. The monoisotopic (exact) mass is 832 g/mol. The Labute approximate surface area is 304 Å². The Balaban J connectivity index is 0.000000191. The maximum absolute atomic E-state index is 12.4. The van der Waals surface area contributed by atoms with E-state index in [9.17, 15) is 31.6 Å². The second kappa shape index (κ2) is 15.1. The minimum atomic E-state index is -4.11. The number of thiocarbonyl (C=S) groups is 1. The van der Waals surface area contributed by atoms with E-state index >= 15 is 0 Å². The van der Waals surface area contributed by atoms with Crippen molar-refractivity contribution in [3.8, 4) is 6.07 Å². The highest BCUT2D eigenvalue weighted by molar-refractivity contribution is 9.10. The number of alkyl halides is 6. The summed E-state index contributed by atoms with van der Waals surface area (Å²) in [6.07, 6.45) is 8.05. The van der Waals surface area contributed by atoms with Gasteiger partial charge in [-0.25, -0.2) is 0 Å². The van der Waals surface area contributed by atoms with Crippen LogP contribution >= 0.6 is 44.1 Å². The van der Waals surface area contributed by atoms with Gasteiger partial charge in [-0.05, 0) is 107 Å². The molecule has 2 N–H and O–H groups in total. The number of rotatable bonds is 9. The van der Waals surface area contributed by atoms with E-state index in [-0.39, 0.29) is 37.0 Å². The fourth-order valence-corrected chi connectivity index (χ4v) is 8.70. The van der Waals surface area contributed by atoms with Gasteiger partial charge in [0.15, 0.2) is 0 Å². The molecule has 49 heavy (non-hydrogen) atoms. The third-order valence-electron chi connectivity index (χ3n) is 10.00. The van der Waals surface area contributed by atoms with Crippen LogP contribution in [0.3, 0.4) is 0 Å². The van der Waals surface area contributed by atoms with Crippen LogP contribution in [0.4, 0.5) is 26.3 Å². The van der Waals surface area contributed by atoms with Crippen LogP contribution in [0.5, 0.6) is 0 Å². The van der Waals surface area contributed by atoms with Crippen molar-refractivity contribution in [3.63, 3.8) is 0 Å². The van der Waals surface area contributed by atoms with Gasteiger partial charge in [-0.2, -0.15) is 31.6 Å². The largest absolute Gasteiger partial charge is 0.393 e. The van der Waals surface area contributed by atoms with Gasteiger partial charge in [0.1, 0.15) is 0 Å². The second-order valence-corrected chi connectivity index (χ2v) is 15.5. The number of halogens is 8. The average Bonchev–Trinajstić information content (AvgIpc) is 3.40. The van der Waals surface area contributed by atoms with Gasteiger partial charge in [-0.1, -0.05) is 36.5 Å². The summed E-state index contributed by atoms with van der Waals surface area (Å²) in [5, 5.41) is 9.83. The topological polar surface area (TPSA) is 82.1 Å². The van der Waals surface area contributed by atoms with Crippen molar-refractivity contribution >= 4 is 49.1 Å². The van der Waals surface area contributed by atoms with Gasteiger partial charge in [-0.3, -0.25) is 19.8 Å². The highest BCUT2D eigenvalue weighted by Gasteiger charge is 2.49. The van der Waals surface area contributed by atoms with Gasteiger partial charge in [0, 0.05) is 70.7 Å². The first-order valence-corrected chi connectivity index (χ1v) is 18.0. The van der Waals surface area contributed by atoms with Crippen molar-refractivity contribution in [1.29, 1.82) is 5.26 Å². The molecular formula is C34H36Br2F6N6S. The fourth-order valence-electron chi connectivity index (χ4n) is 7.69. The van der Waals surface area contributed by atoms with E-state index in [2.05, 4.69) is 69.8 Å². The van der Waals surface area contributed by atoms with Crippen LogP contribution in [0.15, 0.2) is 70.2 Å². The molecular weight excluding hydrogens is 798 g/mol. The molecule has 4 aliphatic rings. The molecule has 0 spiro atoms. The Bertz CT molecular complexity index is 1580. The molecule has 6 rings (SSSR count). The molecule has 2 saturated heterocycles. The molecule has 264 valence electrons. The predicted octanol–water partition coefficient (Wildman–Crippen LogP) is 8.46. The van der Waals surface area contributed by atoms with Crippen LogP contribution in [0, 0.1) is 11.3 Å². The third kappa shape index (κ3) is 8.92. The molecule has 2 unspecified atom stereocenters. The summed E-state index contributed by atoms with van der Waals surface area (Å²) in [6.45, 7) is 0.825. The first-order valence-electron chi connectivity index (χ1n) is 16.0. The maximum Gasteiger partial charge on any atom is 0.389 e. The van der Waals surface area contributed by atoms with Gasteiger partial charge in [0.25, 0.3) is 0 Å². The fraction of sp³-hybridized carbons (Fsp3) is 0.529. The van der Waals surface area contributed by atoms with Gasteiger partial charge in [-0.15, -0.1) is 0 Å². The molecule has 0 amide bonds. The minimum Gasteiger partial charge on any atom is -0.393 e. The van der Waals surface area contributed by atoms with Crippen LogP contribution in [0.25, 0.3) is 0 Å². The molecule has 4 aliphatic heterocycles. The summed E-state index contributed by atoms with van der Waals surface area (Å²) in [7, 11) is 0. The normalized spacial score (nSPS) is 29.4. The second-order valence-electron chi connectivity index (χ2n) is 13.2. The van der Waals surface area contributed by atoms with Gasteiger partial charge >= 0.3 is 12.4 Å². The summed E-state index contributed by atoms with van der Waals surface area (Å²) in [6, 6.07) is 6.46. The summed E-state index contributed by atoms with van der Waals surface area (Å²) in [4.78, 5) is 13.0. The van der Waals surface area contributed by atoms with E-state index in [1.807, 2.05) is 24.3 Å². The zero-order chi connectivity index (χ0) is 35.6. The number of nitriles is 1. The lowest BCUT2D eigenvalue weighted by molar-refractivity contribution is -0.137. The van der Waals surface area contributed by atoms with Gasteiger partial charge in [0.2, 0.25) is 0 Å². The number of pyridine rings is 2. The van der Waals surface area contributed by atoms with Crippen molar-refractivity contribution in [2.75, 3.05) is 13.1 Å². The molecule has 0 saturated carbocycles. The third-order valence-corrected chi connectivity index (χ3v) is 11.3. The highest BCUT2D eigenvalue weighted by Crippen LogP contribution is 2.46. The van der Waals surface area contributed by atoms with Crippen molar-refractivity contribution < 1.29 is 26.3 Å². The lowest BCUT2D eigenvalue weighted by Crippen LogP contribution is -2.55. The SMILES string of the molecule is N#CC1(c2cncc(Br)c2)C[C@H]2C=C[C@@H](C1)N2CCCC(F)(F)F.NC(=S)C1(c2cncc(Br)c2)C[C@H]2C=C[C@@H](C1)N2CCCC(F)(F)F. The molecule has 2 fully saturated rings. The zero-order valence-electron chi connectivity index (χ0n) is 26.4. The van der Waals surface area contributed by atoms with Crippen molar-refractivity contribution in [1.82, 2.24) is 19.8 Å². The van der Waals surface area contributed by atoms with E-state index in [4.69, 9.17) is 18.0 Å². The molecule has 2 aromatic heterocycles. The average molecular weight is 835 g/mol. The predicted molar refractivity (Wildman–Crippen MR) is 186 cm³/mol. The smallest absolute Gasteiger partial charge is 0.389 e. The number of nitrogens with zero attached hydrogens (tertiary/aromatic N) is 5. The molecule has 0 aromatic carbocycles. The van der Waals surface area contributed by atoms with E-state index in [0.29, 0.717) is 43.8 Å². The van der Waals surface area contributed by atoms with E-state index in [1.165, 1.54) is 0 Å². The first-order chi connectivity index (χ1) is 23.0. The van der Waals surface area contributed by atoms with Crippen LogP contribution in [-0.4, -0.2) is 74.4 Å². The summed E-state index contributed by atoms with van der Waals surface area (Å²) in [5.74, 6) is 0. The highest BCUT2D eigenvalue weighted by atomic mass is 79.9. The Hall–Kier alpha value is -2.38. The van der Waals surface area contributed by atoms with Crippen LogP contribution in [0.2, 0.25) is 0 Å². The van der Waals surface area contributed by atoms with Crippen LogP contribution in [-0.2, 0) is 10.8 Å². The molecule has 6 atom stereocenters. The Morgan fingerprint density at radius 1 is 0.776 bits per heavy atom. The number of fused-ring (bicyclic) bond motifs is 4.